The number of benzene rings is 1. The minimum Gasteiger partial charge on any atom is -0.312 e. The molecular weight excluding hydrogens is 341 g/mol. The Labute approximate surface area is 130 Å². The van der Waals surface area contributed by atoms with Gasteiger partial charge >= 0.3 is 0 Å². The summed E-state index contributed by atoms with van der Waals surface area (Å²) in [6, 6.07) is 5.19. The first-order chi connectivity index (χ1) is 9.37. The predicted octanol–water partition coefficient (Wildman–Crippen LogP) is 4.04. The van der Waals surface area contributed by atoms with Crippen LogP contribution in [0.4, 0.5) is 4.39 Å². The van der Waals surface area contributed by atoms with E-state index in [0.717, 1.165) is 18.0 Å². The van der Waals surface area contributed by atoms with E-state index in [-0.39, 0.29) is 11.4 Å². The Bertz CT molecular complexity index is 592. The molecule has 6 heteroatoms. The SMILES string of the molecule is CC(C)(C)NCCc1nnc(-c2cccc(Br)c2F)s1. The van der Waals surface area contributed by atoms with Gasteiger partial charge in [0.05, 0.1) is 4.47 Å². The second-order valence-corrected chi connectivity index (χ2v) is 7.45. The Kier molecular flexibility index (Phi) is 4.88. The summed E-state index contributed by atoms with van der Waals surface area (Å²) in [7, 11) is 0. The van der Waals surface area contributed by atoms with E-state index in [1.807, 2.05) is 0 Å². The molecule has 0 aliphatic carbocycles. The van der Waals surface area contributed by atoms with Crippen molar-refractivity contribution >= 4 is 27.3 Å². The molecule has 0 aliphatic heterocycles. The number of nitrogens with zero attached hydrogens (tertiary/aromatic N) is 2. The molecule has 1 aromatic carbocycles. The van der Waals surface area contributed by atoms with Crippen molar-refractivity contribution in [2.45, 2.75) is 32.7 Å². The van der Waals surface area contributed by atoms with Gasteiger partial charge in [0.25, 0.3) is 0 Å². The summed E-state index contributed by atoms with van der Waals surface area (Å²) in [6.45, 7) is 7.19. The van der Waals surface area contributed by atoms with E-state index in [2.05, 4.69) is 52.2 Å². The Morgan fingerprint density at radius 2 is 2.05 bits per heavy atom. The summed E-state index contributed by atoms with van der Waals surface area (Å²) in [6.07, 6.45) is 0.796. The van der Waals surface area contributed by atoms with Gasteiger partial charge in [-0.05, 0) is 48.8 Å². The summed E-state index contributed by atoms with van der Waals surface area (Å²) >= 11 is 4.62. The monoisotopic (exact) mass is 357 g/mol. The maximum Gasteiger partial charge on any atom is 0.150 e. The van der Waals surface area contributed by atoms with Crippen LogP contribution in [0, 0.1) is 5.82 Å². The molecule has 0 radical (unpaired) electrons. The summed E-state index contributed by atoms with van der Waals surface area (Å²) in [5, 5.41) is 13.1. The van der Waals surface area contributed by atoms with Crippen LogP contribution in [-0.4, -0.2) is 22.3 Å². The first-order valence-electron chi connectivity index (χ1n) is 6.38. The standard InChI is InChI=1S/C14H17BrFN3S/c1-14(2,3)17-8-7-11-18-19-13(20-11)9-5-4-6-10(15)12(9)16/h4-6,17H,7-8H2,1-3H3. The summed E-state index contributed by atoms with van der Waals surface area (Å²) in [4.78, 5) is 0. The van der Waals surface area contributed by atoms with Gasteiger partial charge in [0, 0.05) is 24.1 Å². The minimum absolute atomic E-state index is 0.0872. The maximum absolute atomic E-state index is 14.0. The molecule has 20 heavy (non-hydrogen) atoms. The molecule has 1 N–H and O–H groups in total. The van der Waals surface area contributed by atoms with Crippen molar-refractivity contribution in [1.82, 2.24) is 15.5 Å². The normalized spacial score (nSPS) is 11.8. The van der Waals surface area contributed by atoms with Crippen molar-refractivity contribution in [1.29, 1.82) is 0 Å². The van der Waals surface area contributed by atoms with Gasteiger partial charge in [-0.25, -0.2) is 4.39 Å². The third-order valence-electron chi connectivity index (χ3n) is 2.64. The average Bonchev–Trinajstić information content (AvgIpc) is 2.79. The first kappa shape index (κ1) is 15.5. The van der Waals surface area contributed by atoms with E-state index >= 15 is 0 Å². The summed E-state index contributed by atoms with van der Waals surface area (Å²) in [5.74, 6) is -0.289. The van der Waals surface area contributed by atoms with Gasteiger partial charge in [-0.2, -0.15) is 0 Å². The van der Waals surface area contributed by atoms with Gasteiger partial charge in [0.1, 0.15) is 10.8 Å². The molecule has 1 heterocycles. The van der Waals surface area contributed by atoms with E-state index in [1.54, 1.807) is 18.2 Å². The van der Waals surface area contributed by atoms with Crippen molar-refractivity contribution in [3.63, 3.8) is 0 Å². The van der Waals surface area contributed by atoms with E-state index in [1.165, 1.54) is 11.3 Å². The molecule has 2 aromatic rings. The molecule has 3 nitrogen and oxygen atoms in total. The third-order valence-corrected chi connectivity index (χ3v) is 4.27. The smallest absolute Gasteiger partial charge is 0.150 e. The Morgan fingerprint density at radius 1 is 1.30 bits per heavy atom. The summed E-state index contributed by atoms with van der Waals surface area (Å²) < 4.78 is 14.4. The quantitative estimate of drug-likeness (QED) is 0.897. The zero-order chi connectivity index (χ0) is 14.8. The molecule has 0 spiro atoms. The summed E-state index contributed by atoms with van der Waals surface area (Å²) in [5.41, 5.74) is 0.580. The van der Waals surface area contributed by atoms with Crippen molar-refractivity contribution in [3.05, 3.63) is 33.5 Å². The molecule has 0 amide bonds. The van der Waals surface area contributed by atoms with Gasteiger partial charge < -0.3 is 5.32 Å². The maximum atomic E-state index is 14.0. The van der Waals surface area contributed by atoms with Crippen LogP contribution in [-0.2, 0) is 6.42 Å². The van der Waals surface area contributed by atoms with E-state index in [4.69, 9.17) is 0 Å². The molecule has 0 fully saturated rings. The van der Waals surface area contributed by atoms with Crippen LogP contribution in [0.25, 0.3) is 10.6 Å². The van der Waals surface area contributed by atoms with Gasteiger partial charge in [-0.1, -0.05) is 17.4 Å². The molecule has 0 bridgehead atoms. The number of rotatable bonds is 4. The van der Waals surface area contributed by atoms with Gasteiger partial charge in [0.15, 0.2) is 5.01 Å². The third kappa shape index (κ3) is 4.07. The minimum atomic E-state index is -0.289. The Hall–Kier alpha value is -0.850. The zero-order valence-corrected chi connectivity index (χ0v) is 14.1. The van der Waals surface area contributed by atoms with Crippen LogP contribution in [0.1, 0.15) is 25.8 Å². The van der Waals surface area contributed by atoms with Crippen molar-refractivity contribution in [3.8, 4) is 10.6 Å². The Balaban J connectivity index is 2.07. The highest BCUT2D eigenvalue weighted by Crippen LogP contribution is 2.29. The molecule has 0 atom stereocenters. The molecule has 0 saturated carbocycles. The highest BCUT2D eigenvalue weighted by Gasteiger charge is 2.14. The number of aromatic nitrogens is 2. The van der Waals surface area contributed by atoms with Gasteiger partial charge in [-0.15, -0.1) is 10.2 Å². The van der Waals surface area contributed by atoms with Gasteiger partial charge in [-0.3, -0.25) is 0 Å². The molecular formula is C14H17BrFN3S. The van der Waals surface area contributed by atoms with Crippen LogP contribution >= 0.6 is 27.3 Å². The van der Waals surface area contributed by atoms with E-state index < -0.39 is 0 Å². The lowest BCUT2D eigenvalue weighted by Crippen LogP contribution is -2.37. The second-order valence-electron chi connectivity index (χ2n) is 5.53. The fourth-order valence-corrected chi connectivity index (χ4v) is 2.90. The van der Waals surface area contributed by atoms with Crippen LogP contribution < -0.4 is 5.32 Å². The van der Waals surface area contributed by atoms with Crippen LogP contribution in [0.2, 0.25) is 0 Å². The molecule has 0 aliphatic rings. The van der Waals surface area contributed by atoms with Crippen LogP contribution in [0.3, 0.4) is 0 Å². The second kappa shape index (κ2) is 6.28. The fourth-order valence-electron chi connectivity index (χ4n) is 1.68. The number of halogens is 2. The van der Waals surface area contributed by atoms with Crippen LogP contribution in [0.5, 0.6) is 0 Å². The highest BCUT2D eigenvalue weighted by atomic mass is 79.9. The van der Waals surface area contributed by atoms with Crippen molar-refractivity contribution in [2.24, 2.45) is 0 Å². The molecule has 108 valence electrons. The lowest BCUT2D eigenvalue weighted by atomic mass is 10.1. The molecule has 0 unspecified atom stereocenters. The van der Waals surface area contributed by atoms with Crippen molar-refractivity contribution < 1.29 is 4.39 Å². The Morgan fingerprint density at radius 3 is 2.75 bits per heavy atom. The first-order valence-corrected chi connectivity index (χ1v) is 7.99. The number of hydrogen-bond donors (Lipinski definition) is 1. The average molecular weight is 358 g/mol. The zero-order valence-electron chi connectivity index (χ0n) is 11.7. The lowest BCUT2D eigenvalue weighted by Gasteiger charge is -2.19. The largest absolute Gasteiger partial charge is 0.312 e. The fraction of sp³-hybridized carbons (Fsp3) is 0.429. The topological polar surface area (TPSA) is 37.8 Å². The van der Waals surface area contributed by atoms with Crippen molar-refractivity contribution in [2.75, 3.05) is 6.54 Å². The van der Waals surface area contributed by atoms with E-state index in [9.17, 15) is 4.39 Å². The molecule has 1 aromatic heterocycles. The highest BCUT2D eigenvalue weighted by molar-refractivity contribution is 9.10. The van der Waals surface area contributed by atoms with E-state index in [0.29, 0.717) is 15.0 Å². The molecule has 2 rings (SSSR count). The predicted molar refractivity (Wildman–Crippen MR) is 84.5 cm³/mol. The number of hydrogen-bond acceptors (Lipinski definition) is 4. The van der Waals surface area contributed by atoms with Crippen LogP contribution in [0.15, 0.2) is 22.7 Å². The molecule has 0 saturated heterocycles. The number of nitrogens with one attached hydrogen (secondary N) is 1. The van der Waals surface area contributed by atoms with Gasteiger partial charge in [0.2, 0.25) is 0 Å². The lowest BCUT2D eigenvalue weighted by molar-refractivity contribution is 0.429.